The topological polar surface area (TPSA) is 97.4 Å². The molecular weight excluding hydrogens is 416 g/mol. The van der Waals surface area contributed by atoms with Gasteiger partial charge in [0.05, 0.1) is 12.1 Å². The summed E-state index contributed by atoms with van der Waals surface area (Å²) in [5, 5.41) is 3.07. The molecule has 8 heteroatoms. The van der Waals surface area contributed by atoms with Crippen LogP contribution < -0.4 is 11.1 Å². The molecule has 1 aliphatic heterocycles. The minimum atomic E-state index is -0.632. The zero-order valence-electron chi connectivity index (χ0n) is 16.9. The second-order valence-corrected chi connectivity index (χ2v) is 7.72. The number of Topliss-reactive ketones (excluding diaryl/α,β-unsaturated/α-hetero) is 1. The van der Waals surface area contributed by atoms with Crippen LogP contribution in [0, 0.1) is 0 Å². The van der Waals surface area contributed by atoms with Gasteiger partial charge < -0.3 is 20.5 Å². The number of nitrogens with two attached hydrogens (primary N) is 1. The van der Waals surface area contributed by atoms with E-state index in [1.54, 1.807) is 29.2 Å². The van der Waals surface area contributed by atoms with Gasteiger partial charge in [-0.1, -0.05) is 41.9 Å². The molecule has 2 aromatic carbocycles. The van der Waals surface area contributed by atoms with Crippen LogP contribution in [0.5, 0.6) is 0 Å². The van der Waals surface area contributed by atoms with E-state index in [1.165, 1.54) is 6.92 Å². The van der Waals surface area contributed by atoms with Crippen molar-refractivity contribution in [3.63, 3.8) is 0 Å². The number of benzene rings is 2. The summed E-state index contributed by atoms with van der Waals surface area (Å²) in [6, 6.07) is 15.9. The molecule has 1 aromatic heterocycles. The predicted molar refractivity (Wildman–Crippen MR) is 119 cm³/mol. The van der Waals surface area contributed by atoms with Gasteiger partial charge >= 0.3 is 6.03 Å². The second kappa shape index (κ2) is 8.28. The number of fused-ring (bicyclic) bond motifs is 1. The average Bonchev–Trinajstić information content (AvgIpc) is 3.05. The molecule has 1 aliphatic rings. The third kappa shape index (κ3) is 3.92. The lowest BCUT2D eigenvalue weighted by molar-refractivity contribution is 0.0994. The number of carbonyl (C=O) groups excluding carboxylic acids is 3. The van der Waals surface area contributed by atoms with Gasteiger partial charge in [0.2, 0.25) is 0 Å². The summed E-state index contributed by atoms with van der Waals surface area (Å²) in [5.41, 5.74) is 9.26. The number of hydrogen-bond acceptors (Lipinski definition) is 3. The lowest BCUT2D eigenvalue weighted by Crippen LogP contribution is -2.39. The number of anilines is 1. The van der Waals surface area contributed by atoms with E-state index in [2.05, 4.69) is 5.32 Å². The summed E-state index contributed by atoms with van der Waals surface area (Å²) in [4.78, 5) is 38.2. The molecule has 0 saturated heterocycles. The summed E-state index contributed by atoms with van der Waals surface area (Å²) in [6.07, 6.45) is 0.512. The van der Waals surface area contributed by atoms with Gasteiger partial charge in [-0.05, 0) is 31.2 Å². The number of hydrogen-bond donors (Lipinski definition) is 2. The van der Waals surface area contributed by atoms with E-state index in [0.29, 0.717) is 29.8 Å². The molecule has 7 nitrogen and oxygen atoms in total. The molecule has 158 valence electrons. The van der Waals surface area contributed by atoms with Crippen molar-refractivity contribution in [2.24, 2.45) is 5.73 Å². The quantitative estimate of drug-likeness (QED) is 0.604. The van der Waals surface area contributed by atoms with Crippen LogP contribution in [-0.4, -0.2) is 33.7 Å². The molecule has 0 bridgehead atoms. The van der Waals surface area contributed by atoms with Gasteiger partial charge in [-0.2, -0.15) is 0 Å². The van der Waals surface area contributed by atoms with Crippen molar-refractivity contribution in [1.29, 1.82) is 0 Å². The average molecular weight is 437 g/mol. The largest absolute Gasteiger partial charge is 0.365 e. The van der Waals surface area contributed by atoms with Gasteiger partial charge in [0.1, 0.15) is 5.15 Å². The normalized spacial score (nSPS) is 12.9. The Kier molecular flexibility index (Phi) is 5.52. The first-order valence-corrected chi connectivity index (χ1v) is 10.2. The van der Waals surface area contributed by atoms with Crippen molar-refractivity contribution in [1.82, 2.24) is 9.47 Å². The maximum Gasteiger partial charge on any atom is 0.322 e. The summed E-state index contributed by atoms with van der Waals surface area (Å²) in [7, 11) is 0. The highest BCUT2D eigenvalue weighted by Gasteiger charge is 2.31. The van der Waals surface area contributed by atoms with Gasteiger partial charge in [0.25, 0.3) is 5.91 Å². The van der Waals surface area contributed by atoms with Crippen LogP contribution in [0.4, 0.5) is 10.5 Å². The molecular formula is C23H21ClN4O3. The lowest BCUT2D eigenvalue weighted by Gasteiger charge is -2.28. The molecule has 0 atom stereocenters. The van der Waals surface area contributed by atoms with Gasteiger partial charge in [-0.3, -0.25) is 9.59 Å². The van der Waals surface area contributed by atoms with E-state index >= 15 is 0 Å². The highest BCUT2D eigenvalue weighted by atomic mass is 35.5. The highest BCUT2D eigenvalue weighted by molar-refractivity contribution is 6.33. The lowest BCUT2D eigenvalue weighted by atomic mass is 10.0. The van der Waals surface area contributed by atoms with Gasteiger partial charge in [0.15, 0.2) is 5.78 Å². The summed E-state index contributed by atoms with van der Waals surface area (Å²) >= 11 is 6.56. The molecule has 0 radical (unpaired) electrons. The van der Waals surface area contributed by atoms with Crippen LogP contribution in [0.25, 0.3) is 5.69 Å². The number of primary amides is 1. The second-order valence-electron chi connectivity index (χ2n) is 7.36. The first-order chi connectivity index (χ1) is 14.9. The van der Waals surface area contributed by atoms with Gasteiger partial charge in [-0.25, -0.2) is 4.79 Å². The van der Waals surface area contributed by atoms with Crippen LogP contribution in [0.2, 0.25) is 5.15 Å². The smallest absolute Gasteiger partial charge is 0.322 e. The van der Waals surface area contributed by atoms with E-state index in [4.69, 9.17) is 17.3 Å². The first-order valence-electron chi connectivity index (χ1n) is 9.81. The van der Waals surface area contributed by atoms with Crippen LogP contribution in [0.1, 0.15) is 38.9 Å². The first kappa shape index (κ1) is 20.7. The summed E-state index contributed by atoms with van der Waals surface area (Å²) in [5.74, 6) is -0.714. The number of para-hydroxylation sites is 1. The Hall–Kier alpha value is -3.58. The highest BCUT2D eigenvalue weighted by Crippen LogP contribution is 2.34. The molecule has 4 rings (SSSR count). The fourth-order valence-electron chi connectivity index (χ4n) is 3.87. The van der Waals surface area contributed by atoms with Crippen molar-refractivity contribution in [2.75, 3.05) is 11.9 Å². The molecule has 3 N–H and O–H groups in total. The molecule has 0 spiro atoms. The van der Waals surface area contributed by atoms with E-state index in [-0.39, 0.29) is 29.1 Å². The molecule has 2 heterocycles. The zero-order valence-corrected chi connectivity index (χ0v) is 17.6. The van der Waals surface area contributed by atoms with Crippen molar-refractivity contribution >= 4 is 35.0 Å². The number of nitrogens with one attached hydrogen (secondary N) is 1. The van der Waals surface area contributed by atoms with Crippen LogP contribution in [0.3, 0.4) is 0 Å². The Bertz CT molecular complexity index is 1190. The zero-order chi connectivity index (χ0) is 22.1. The standard InChI is InChI=1S/C23H21ClN4O3/c1-14(29)15-6-5-7-16(12-15)26-23(31)27-11-10-19-18(13-27)20(22(25)30)21(24)28(19)17-8-3-2-4-9-17/h2-9,12H,10-11,13H2,1H3,(H2,25,30)(H,26,31). The molecule has 0 fully saturated rings. The number of rotatable bonds is 4. The van der Waals surface area contributed by atoms with Crippen LogP contribution >= 0.6 is 11.6 Å². The third-order valence-electron chi connectivity index (χ3n) is 5.36. The van der Waals surface area contributed by atoms with Crippen molar-refractivity contribution in [3.05, 3.63) is 82.1 Å². The predicted octanol–water partition coefficient (Wildman–Crippen LogP) is 4.02. The molecule has 31 heavy (non-hydrogen) atoms. The molecule has 0 unspecified atom stereocenters. The number of ketones is 1. The maximum atomic E-state index is 12.9. The van der Waals surface area contributed by atoms with Crippen molar-refractivity contribution < 1.29 is 14.4 Å². The fourth-order valence-corrected chi connectivity index (χ4v) is 4.27. The number of amides is 3. The van der Waals surface area contributed by atoms with E-state index in [1.807, 2.05) is 34.9 Å². The van der Waals surface area contributed by atoms with Crippen LogP contribution in [0.15, 0.2) is 54.6 Å². The fraction of sp³-hybridized carbons (Fsp3) is 0.174. The summed E-state index contributed by atoms with van der Waals surface area (Å²) in [6.45, 7) is 2.11. The minimum absolute atomic E-state index is 0.0818. The molecule has 3 amide bonds. The SMILES string of the molecule is CC(=O)c1cccc(NC(=O)N2CCc3c(c(C(N)=O)c(Cl)n3-c3ccccc3)C2)c1. The van der Waals surface area contributed by atoms with Gasteiger partial charge in [0, 0.05) is 41.2 Å². The molecule has 0 aliphatic carbocycles. The maximum absolute atomic E-state index is 12.9. The monoisotopic (exact) mass is 436 g/mol. The number of aromatic nitrogens is 1. The van der Waals surface area contributed by atoms with Crippen molar-refractivity contribution in [2.45, 2.75) is 19.9 Å². The Balaban J connectivity index is 1.64. The third-order valence-corrected chi connectivity index (χ3v) is 5.72. The van der Waals surface area contributed by atoms with Gasteiger partial charge in [-0.15, -0.1) is 0 Å². The Morgan fingerprint density at radius 2 is 1.81 bits per heavy atom. The Morgan fingerprint density at radius 1 is 1.06 bits per heavy atom. The number of halogens is 1. The van der Waals surface area contributed by atoms with E-state index in [9.17, 15) is 14.4 Å². The Morgan fingerprint density at radius 3 is 2.48 bits per heavy atom. The molecule has 0 saturated carbocycles. The summed E-state index contributed by atoms with van der Waals surface area (Å²) < 4.78 is 1.82. The number of carbonyl (C=O) groups is 3. The Labute approximate surface area is 184 Å². The number of nitrogens with zero attached hydrogens (tertiary/aromatic N) is 2. The minimum Gasteiger partial charge on any atom is -0.365 e. The van der Waals surface area contributed by atoms with E-state index in [0.717, 1.165) is 11.4 Å². The van der Waals surface area contributed by atoms with E-state index < -0.39 is 5.91 Å². The number of urea groups is 1. The molecule has 3 aromatic rings. The van der Waals surface area contributed by atoms with Crippen LogP contribution in [-0.2, 0) is 13.0 Å². The van der Waals surface area contributed by atoms with Crippen molar-refractivity contribution in [3.8, 4) is 5.69 Å².